The first-order chi connectivity index (χ1) is 12.2. The van der Waals surface area contributed by atoms with Crippen molar-refractivity contribution >= 4 is 10.0 Å². The molecule has 0 saturated carbocycles. The van der Waals surface area contributed by atoms with Crippen molar-refractivity contribution in [3.8, 4) is 0 Å². The molecular formula is C18H17F4NO2S. The monoisotopic (exact) mass is 387 g/mol. The zero-order chi connectivity index (χ0) is 18.9. The largest absolute Gasteiger partial charge is 0.416 e. The van der Waals surface area contributed by atoms with Crippen LogP contribution in [0.5, 0.6) is 0 Å². The maximum atomic E-state index is 13.3. The van der Waals surface area contributed by atoms with Crippen molar-refractivity contribution in [2.75, 3.05) is 6.54 Å². The van der Waals surface area contributed by atoms with Gasteiger partial charge in [-0.05, 0) is 42.2 Å². The van der Waals surface area contributed by atoms with Crippen molar-refractivity contribution in [1.82, 2.24) is 4.31 Å². The van der Waals surface area contributed by atoms with Gasteiger partial charge in [-0.25, -0.2) is 12.8 Å². The van der Waals surface area contributed by atoms with Gasteiger partial charge < -0.3 is 0 Å². The molecule has 0 bridgehead atoms. The average Bonchev–Trinajstić information content (AvgIpc) is 3.07. The van der Waals surface area contributed by atoms with Crippen LogP contribution >= 0.6 is 0 Å². The van der Waals surface area contributed by atoms with Crippen LogP contribution in [0.1, 0.15) is 35.6 Å². The maximum Gasteiger partial charge on any atom is 0.416 e. The normalized spacial score (nSPS) is 19.0. The maximum absolute atomic E-state index is 13.3. The van der Waals surface area contributed by atoms with Gasteiger partial charge in [0.15, 0.2) is 0 Å². The summed E-state index contributed by atoms with van der Waals surface area (Å²) < 4.78 is 79.6. The second-order valence-electron chi connectivity index (χ2n) is 6.24. The first kappa shape index (κ1) is 18.8. The van der Waals surface area contributed by atoms with E-state index < -0.39 is 33.6 Å². The summed E-state index contributed by atoms with van der Waals surface area (Å²) in [4.78, 5) is 0. The van der Waals surface area contributed by atoms with Gasteiger partial charge in [-0.15, -0.1) is 0 Å². The van der Waals surface area contributed by atoms with Crippen LogP contribution < -0.4 is 0 Å². The minimum absolute atomic E-state index is 0.0276. The summed E-state index contributed by atoms with van der Waals surface area (Å²) in [5.74, 6) is -0.859. The van der Waals surface area contributed by atoms with Crippen LogP contribution in [0.4, 0.5) is 17.6 Å². The molecule has 0 amide bonds. The summed E-state index contributed by atoms with van der Waals surface area (Å²) in [6, 6.07) is 9.27. The molecular weight excluding hydrogens is 370 g/mol. The van der Waals surface area contributed by atoms with Crippen LogP contribution in [-0.2, 0) is 22.0 Å². The number of rotatable bonds is 4. The fourth-order valence-electron chi connectivity index (χ4n) is 3.30. The van der Waals surface area contributed by atoms with Crippen LogP contribution in [0.3, 0.4) is 0 Å². The second-order valence-corrected chi connectivity index (χ2v) is 8.16. The third-order valence-electron chi connectivity index (χ3n) is 4.45. The van der Waals surface area contributed by atoms with Crippen LogP contribution in [0.25, 0.3) is 0 Å². The van der Waals surface area contributed by atoms with Gasteiger partial charge in [-0.3, -0.25) is 0 Å². The van der Waals surface area contributed by atoms with E-state index in [2.05, 4.69) is 0 Å². The number of halogens is 4. The lowest BCUT2D eigenvalue weighted by atomic mass is 9.99. The molecule has 1 aliphatic heterocycles. The van der Waals surface area contributed by atoms with E-state index in [0.717, 1.165) is 22.5 Å². The highest BCUT2D eigenvalue weighted by Gasteiger charge is 2.41. The van der Waals surface area contributed by atoms with Gasteiger partial charge in [-0.1, -0.05) is 30.3 Å². The molecule has 1 atom stereocenters. The second kappa shape index (κ2) is 7.00. The molecule has 1 saturated heterocycles. The lowest BCUT2D eigenvalue weighted by Gasteiger charge is -2.26. The van der Waals surface area contributed by atoms with Crippen LogP contribution in [0.15, 0.2) is 48.5 Å². The molecule has 1 aliphatic rings. The third-order valence-corrected chi connectivity index (χ3v) is 6.30. The summed E-state index contributed by atoms with van der Waals surface area (Å²) in [5.41, 5.74) is -0.449. The molecule has 0 radical (unpaired) electrons. The highest BCUT2D eigenvalue weighted by Crippen LogP contribution is 2.41. The summed E-state index contributed by atoms with van der Waals surface area (Å²) in [5, 5.41) is 0. The third kappa shape index (κ3) is 3.91. The molecule has 0 N–H and O–H groups in total. The van der Waals surface area contributed by atoms with E-state index >= 15 is 0 Å². The Morgan fingerprint density at radius 2 is 1.69 bits per heavy atom. The topological polar surface area (TPSA) is 37.4 Å². The summed E-state index contributed by atoms with van der Waals surface area (Å²) in [7, 11) is -3.84. The van der Waals surface area contributed by atoms with E-state index in [1.54, 1.807) is 0 Å². The molecule has 1 unspecified atom stereocenters. The Balaban J connectivity index is 1.92. The van der Waals surface area contributed by atoms with Gasteiger partial charge in [0, 0.05) is 6.54 Å². The Hall–Kier alpha value is -1.93. The van der Waals surface area contributed by atoms with Crippen molar-refractivity contribution in [3.05, 3.63) is 71.0 Å². The Kier molecular flexibility index (Phi) is 5.07. The van der Waals surface area contributed by atoms with Crippen molar-refractivity contribution in [2.45, 2.75) is 30.8 Å². The molecule has 3 rings (SSSR count). The quantitative estimate of drug-likeness (QED) is 0.724. The zero-order valence-corrected chi connectivity index (χ0v) is 14.5. The van der Waals surface area contributed by atoms with E-state index in [1.807, 2.05) is 0 Å². The fraction of sp³-hybridized carbons (Fsp3) is 0.333. The van der Waals surface area contributed by atoms with E-state index in [1.165, 1.54) is 30.3 Å². The molecule has 0 aromatic heterocycles. The van der Waals surface area contributed by atoms with Gasteiger partial charge in [0.2, 0.25) is 10.0 Å². The molecule has 8 heteroatoms. The standard InChI is InChI=1S/C18H17F4NO2S/c19-14-9-7-13(8-10-14)12-26(24,25)23-11-3-6-17(23)15-4-1-2-5-16(15)18(20,21)22/h1-2,4-5,7-10,17H,3,6,11-12H2. The zero-order valence-electron chi connectivity index (χ0n) is 13.7. The summed E-state index contributed by atoms with van der Waals surface area (Å²) >= 11 is 0. The predicted molar refractivity (Wildman–Crippen MR) is 89.1 cm³/mol. The number of sulfonamides is 1. The van der Waals surface area contributed by atoms with E-state index in [4.69, 9.17) is 0 Å². The number of alkyl halides is 3. The van der Waals surface area contributed by atoms with Gasteiger partial charge >= 0.3 is 6.18 Å². The molecule has 1 fully saturated rings. The van der Waals surface area contributed by atoms with E-state index in [9.17, 15) is 26.0 Å². The Morgan fingerprint density at radius 3 is 2.35 bits per heavy atom. The lowest BCUT2D eigenvalue weighted by molar-refractivity contribution is -0.138. The number of hydrogen-bond acceptors (Lipinski definition) is 2. The predicted octanol–water partition coefficient (Wildman–Crippen LogP) is 4.51. The van der Waals surface area contributed by atoms with Gasteiger partial charge in [-0.2, -0.15) is 17.5 Å². The Morgan fingerprint density at radius 1 is 1.04 bits per heavy atom. The first-order valence-electron chi connectivity index (χ1n) is 8.08. The molecule has 0 spiro atoms. The number of nitrogens with zero attached hydrogens (tertiary/aromatic N) is 1. The van der Waals surface area contributed by atoms with Crippen molar-refractivity contribution < 1.29 is 26.0 Å². The summed E-state index contributed by atoms with van der Waals surface area (Å²) in [6.45, 7) is 0.167. The molecule has 1 heterocycles. The van der Waals surface area contributed by atoms with Gasteiger partial charge in [0.25, 0.3) is 0 Å². The molecule has 26 heavy (non-hydrogen) atoms. The average molecular weight is 387 g/mol. The molecule has 2 aromatic rings. The van der Waals surface area contributed by atoms with Crippen molar-refractivity contribution in [2.24, 2.45) is 0 Å². The van der Waals surface area contributed by atoms with Crippen LogP contribution in [0, 0.1) is 5.82 Å². The fourth-order valence-corrected chi connectivity index (χ4v) is 5.10. The van der Waals surface area contributed by atoms with E-state index in [0.29, 0.717) is 18.4 Å². The van der Waals surface area contributed by atoms with Gasteiger partial charge in [0.1, 0.15) is 5.82 Å². The smallest absolute Gasteiger partial charge is 0.212 e. The summed E-state index contributed by atoms with van der Waals surface area (Å²) in [6.07, 6.45) is -3.74. The molecule has 3 nitrogen and oxygen atoms in total. The number of benzene rings is 2. The molecule has 2 aromatic carbocycles. The number of hydrogen-bond donors (Lipinski definition) is 0. The SMILES string of the molecule is O=S(=O)(Cc1ccc(F)cc1)N1CCCC1c1ccccc1C(F)(F)F. The van der Waals surface area contributed by atoms with Crippen molar-refractivity contribution in [1.29, 1.82) is 0 Å². The highest BCUT2D eigenvalue weighted by molar-refractivity contribution is 7.88. The van der Waals surface area contributed by atoms with Crippen LogP contribution in [-0.4, -0.2) is 19.3 Å². The Bertz CT molecular complexity index is 879. The first-order valence-corrected chi connectivity index (χ1v) is 9.69. The minimum atomic E-state index is -4.55. The minimum Gasteiger partial charge on any atom is -0.212 e. The molecule has 140 valence electrons. The van der Waals surface area contributed by atoms with Gasteiger partial charge in [0.05, 0.1) is 17.4 Å². The van der Waals surface area contributed by atoms with E-state index in [-0.39, 0.29) is 17.9 Å². The highest BCUT2D eigenvalue weighted by atomic mass is 32.2. The van der Waals surface area contributed by atoms with Crippen molar-refractivity contribution in [3.63, 3.8) is 0 Å². The lowest BCUT2D eigenvalue weighted by Crippen LogP contribution is -2.32. The Labute approximate surface area is 149 Å². The van der Waals surface area contributed by atoms with Crippen LogP contribution in [0.2, 0.25) is 0 Å². The molecule has 0 aliphatic carbocycles.